The molecule has 2 aromatic rings. The molecule has 0 unspecified atom stereocenters. The number of hydrogen-bond donors (Lipinski definition) is 0. The van der Waals surface area contributed by atoms with Crippen LogP contribution in [0.15, 0.2) is 48.7 Å². The van der Waals surface area contributed by atoms with Gasteiger partial charge in [-0.3, -0.25) is 4.79 Å². The van der Waals surface area contributed by atoms with E-state index in [1.54, 1.807) is 0 Å². The zero-order valence-electron chi connectivity index (χ0n) is 15.0. The number of amides is 1. The third-order valence-corrected chi connectivity index (χ3v) is 5.28. The van der Waals surface area contributed by atoms with Crippen LogP contribution in [0.2, 0.25) is 0 Å². The van der Waals surface area contributed by atoms with E-state index in [4.69, 9.17) is 4.74 Å². The molecule has 2 aliphatic rings. The van der Waals surface area contributed by atoms with E-state index in [9.17, 15) is 4.79 Å². The van der Waals surface area contributed by atoms with Crippen LogP contribution in [0.3, 0.4) is 0 Å². The van der Waals surface area contributed by atoms with Gasteiger partial charge in [0, 0.05) is 31.4 Å². The molecule has 5 heteroatoms. The van der Waals surface area contributed by atoms with Crippen LogP contribution in [0.25, 0.3) is 0 Å². The summed E-state index contributed by atoms with van der Waals surface area (Å²) in [5.74, 6) is 1.11. The van der Waals surface area contributed by atoms with Gasteiger partial charge in [0.1, 0.15) is 5.82 Å². The zero-order valence-corrected chi connectivity index (χ0v) is 15.0. The summed E-state index contributed by atoms with van der Waals surface area (Å²) in [6, 6.07) is 13.9. The first kappa shape index (κ1) is 17.0. The molecule has 1 aromatic heterocycles. The average Bonchev–Trinajstić information content (AvgIpc) is 2.75. The summed E-state index contributed by atoms with van der Waals surface area (Å²) in [4.78, 5) is 21.9. The Morgan fingerprint density at radius 3 is 2.54 bits per heavy atom. The van der Waals surface area contributed by atoms with Gasteiger partial charge in [-0.2, -0.15) is 0 Å². The van der Waals surface area contributed by atoms with E-state index in [2.05, 4.69) is 22.0 Å². The lowest BCUT2D eigenvalue weighted by molar-refractivity contribution is 0.0611. The minimum Gasteiger partial charge on any atom is -0.378 e. The fraction of sp³-hybridized carbons (Fsp3) is 0.429. The smallest absolute Gasteiger partial charge is 0.254 e. The van der Waals surface area contributed by atoms with Gasteiger partial charge in [-0.1, -0.05) is 24.3 Å². The maximum atomic E-state index is 13.0. The fourth-order valence-corrected chi connectivity index (χ4v) is 3.84. The van der Waals surface area contributed by atoms with E-state index >= 15 is 0 Å². The molecular formula is C21H25N3O2. The number of pyridine rings is 1. The van der Waals surface area contributed by atoms with Crippen LogP contribution in [0.1, 0.15) is 41.2 Å². The number of hydrogen-bond acceptors (Lipinski definition) is 4. The van der Waals surface area contributed by atoms with Gasteiger partial charge in [0.15, 0.2) is 0 Å². The first-order chi connectivity index (χ1) is 12.8. The minimum absolute atomic E-state index is 0.114. The molecule has 4 rings (SSSR count). The number of carbonyl (C=O) groups is 1. The molecule has 0 aliphatic carbocycles. The molecule has 1 atom stereocenters. The van der Waals surface area contributed by atoms with Gasteiger partial charge < -0.3 is 14.5 Å². The van der Waals surface area contributed by atoms with E-state index in [1.807, 2.05) is 41.4 Å². The molecule has 3 heterocycles. The van der Waals surface area contributed by atoms with Crippen molar-refractivity contribution in [3.63, 3.8) is 0 Å². The Morgan fingerprint density at radius 2 is 1.81 bits per heavy atom. The van der Waals surface area contributed by atoms with Crippen LogP contribution in [0, 0.1) is 0 Å². The Balaban J connectivity index is 1.53. The second kappa shape index (κ2) is 7.87. The number of piperidine rings is 1. The van der Waals surface area contributed by atoms with Gasteiger partial charge in [-0.25, -0.2) is 4.98 Å². The van der Waals surface area contributed by atoms with Crippen molar-refractivity contribution in [1.29, 1.82) is 0 Å². The molecule has 0 saturated carbocycles. The number of nitrogens with zero attached hydrogens (tertiary/aromatic N) is 3. The first-order valence-corrected chi connectivity index (χ1v) is 9.47. The third kappa shape index (κ3) is 3.58. The van der Waals surface area contributed by atoms with Gasteiger partial charge in [-0.05, 0) is 43.0 Å². The molecular weight excluding hydrogens is 326 g/mol. The zero-order chi connectivity index (χ0) is 17.8. The SMILES string of the molecule is O=C(c1ccccc1)N1CCCC[C@H]1c1ccc(N2CCOCC2)nc1. The summed E-state index contributed by atoms with van der Waals surface area (Å²) >= 11 is 0. The van der Waals surface area contributed by atoms with Crippen molar-refractivity contribution < 1.29 is 9.53 Å². The molecule has 0 radical (unpaired) electrons. The summed E-state index contributed by atoms with van der Waals surface area (Å²) in [5.41, 5.74) is 1.89. The van der Waals surface area contributed by atoms with Gasteiger partial charge in [0.05, 0.1) is 19.3 Å². The maximum absolute atomic E-state index is 13.0. The molecule has 26 heavy (non-hydrogen) atoms. The number of rotatable bonds is 3. The third-order valence-electron chi connectivity index (χ3n) is 5.28. The normalized spacial score (nSPS) is 20.8. The molecule has 0 bridgehead atoms. The number of benzene rings is 1. The molecule has 136 valence electrons. The van der Waals surface area contributed by atoms with Gasteiger partial charge in [0.25, 0.3) is 5.91 Å². The Hall–Kier alpha value is -2.40. The Morgan fingerprint density at radius 1 is 1.00 bits per heavy atom. The largest absolute Gasteiger partial charge is 0.378 e. The first-order valence-electron chi connectivity index (χ1n) is 9.47. The predicted octanol–water partition coefficient (Wildman–Crippen LogP) is 3.29. The van der Waals surface area contributed by atoms with Crippen LogP contribution in [-0.4, -0.2) is 48.6 Å². The number of anilines is 1. The summed E-state index contributed by atoms with van der Waals surface area (Å²) in [7, 11) is 0. The van der Waals surface area contributed by atoms with Crippen LogP contribution in [0.4, 0.5) is 5.82 Å². The van der Waals surface area contributed by atoms with Crippen molar-refractivity contribution in [3.05, 3.63) is 59.8 Å². The molecule has 5 nitrogen and oxygen atoms in total. The summed E-state index contributed by atoms with van der Waals surface area (Å²) in [6.07, 6.45) is 5.16. The summed E-state index contributed by atoms with van der Waals surface area (Å²) in [6.45, 7) is 4.09. The van der Waals surface area contributed by atoms with Crippen molar-refractivity contribution in [2.45, 2.75) is 25.3 Å². The predicted molar refractivity (Wildman–Crippen MR) is 101 cm³/mol. The fourth-order valence-electron chi connectivity index (χ4n) is 3.84. The van der Waals surface area contributed by atoms with E-state index in [0.29, 0.717) is 0 Å². The van der Waals surface area contributed by atoms with Gasteiger partial charge in [-0.15, -0.1) is 0 Å². The summed E-state index contributed by atoms with van der Waals surface area (Å²) in [5, 5.41) is 0. The summed E-state index contributed by atoms with van der Waals surface area (Å²) < 4.78 is 5.41. The number of morpholine rings is 1. The van der Waals surface area contributed by atoms with E-state index in [-0.39, 0.29) is 11.9 Å². The maximum Gasteiger partial charge on any atom is 0.254 e. The molecule has 0 spiro atoms. The Labute approximate surface area is 154 Å². The molecule has 2 aliphatic heterocycles. The second-order valence-electron chi connectivity index (χ2n) is 6.93. The van der Waals surface area contributed by atoms with E-state index < -0.39 is 0 Å². The standard InChI is InChI=1S/C21H25N3O2/c25-21(17-6-2-1-3-7-17)24-11-5-4-8-19(24)18-9-10-20(22-16-18)23-12-14-26-15-13-23/h1-3,6-7,9-10,16,19H,4-5,8,11-15H2/t19-/m0/s1. The van der Waals surface area contributed by atoms with Crippen LogP contribution in [0.5, 0.6) is 0 Å². The minimum atomic E-state index is 0.114. The van der Waals surface area contributed by atoms with Crippen molar-refractivity contribution in [1.82, 2.24) is 9.88 Å². The molecule has 2 fully saturated rings. The lowest BCUT2D eigenvalue weighted by atomic mass is 9.95. The van der Waals surface area contributed by atoms with Crippen LogP contribution < -0.4 is 4.90 Å². The lowest BCUT2D eigenvalue weighted by Crippen LogP contribution is -2.39. The molecule has 1 amide bonds. The second-order valence-corrected chi connectivity index (χ2v) is 6.93. The van der Waals surface area contributed by atoms with Crippen molar-refractivity contribution in [3.8, 4) is 0 Å². The highest BCUT2D eigenvalue weighted by Gasteiger charge is 2.29. The Bertz CT molecular complexity index is 727. The topological polar surface area (TPSA) is 45.7 Å². The van der Waals surface area contributed by atoms with Crippen molar-refractivity contribution >= 4 is 11.7 Å². The highest BCUT2D eigenvalue weighted by atomic mass is 16.5. The average molecular weight is 351 g/mol. The Kier molecular flexibility index (Phi) is 5.16. The van der Waals surface area contributed by atoms with Crippen molar-refractivity contribution in [2.24, 2.45) is 0 Å². The van der Waals surface area contributed by atoms with Gasteiger partial charge in [0.2, 0.25) is 0 Å². The number of carbonyl (C=O) groups excluding carboxylic acids is 1. The van der Waals surface area contributed by atoms with Crippen LogP contribution in [-0.2, 0) is 4.74 Å². The highest BCUT2D eigenvalue weighted by molar-refractivity contribution is 5.94. The van der Waals surface area contributed by atoms with E-state index in [1.165, 1.54) is 0 Å². The lowest BCUT2D eigenvalue weighted by Gasteiger charge is -2.36. The molecule has 2 saturated heterocycles. The number of aromatic nitrogens is 1. The number of likely N-dealkylation sites (tertiary alicyclic amines) is 1. The highest BCUT2D eigenvalue weighted by Crippen LogP contribution is 2.32. The van der Waals surface area contributed by atoms with Gasteiger partial charge >= 0.3 is 0 Å². The van der Waals surface area contributed by atoms with E-state index in [0.717, 1.165) is 69.1 Å². The molecule has 1 aromatic carbocycles. The monoisotopic (exact) mass is 351 g/mol. The van der Waals surface area contributed by atoms with Crippen LogP contribution >= 0.6 is 0 Å². The number of ether oxygens (including phenoxy) is 1. The molecule has 0 N–H and O–H groups in total. The quantitative estimate of drug-likeness (QED) is 0.851. The van der Waals surface area contributed by atoms with Crippen molar-refractivity contribution in [2.75, 3.05) is 37.7 Å².